The molecule has 3 amide bonds. The van der Waals surface area contributed by atoms with Gasteiger partial charge in [-0.05, 0) is 0 Å². The number of aliphatic carboxylic acids is 1. The molecule has 13 heteroatoms. The summed E-state index contributed by atoms with van der Waals surface area (Å²) in [4.78, 5) is 56.6. The van der Waals surface area contributed by atoms with Crippen LogP contribution in [0.5, 0.6) is 0 Å². The first-order chi connectivity index (χ1) is 17.1. The summed E-state index contributed by atoms with van der Waals surface area (Å²) in [7, 11) is 0. The number of hydrogen-bond donors (Lipinski definition) is 4. The molecule has 0 aromatic heterocycles. The van der Waals surface area contributed by atoms with Crippen molar-refractivity contribution in [1.82, 2.24) is 16.0 Å². The van der Waals surface area contributed by atoms with Crippen LogP contribution in [0.1, 0.15) is 27.2 Å². The van der Waals surface area contributed by atoms with E-state index in [1.807, 2.05) is 13.8 Å². The lowest BCUT2D eigenvalue weighted by molar-refractivity contribution is -0.140. The fourth-order valence-electron chi connectivity index (χ4n) is 2.31. The Morgan fingerprint density at radius 1 is 0.778 bits per heavy atom. The molecule has 0 aliphatic carbocycles. The Morgan fingerprint density at radius 2 is 1.31 bits per heavy atom. The third kappa shape index (κ3) is 20.5. The van der Waals surface area contributed by atoms with Crippen LogP contribution < -0.4 is 16.0 Å². The van der Waals surface area contributed by atoms with Crippen molar-refractivity contribution in [3.8, 4) is 0 Å². The van der Waals surface area contributed by atoms with Gasteiger partial charge in [0, 0.05) is 32.4 Å². The van der Waals surface area contributed by atoms with Crippen molar-refractivity contribution in [3.05, 3.63) is 12.2 Å². The van der Waals surface area contributed by atoms with Crippen molar-refractivity contribution >= 4 is 29.5 Å². The summed E-state index contributed by atoms with van der Waals surface area (Å²) in [6.07, 6.45) is 2.55. The van der Waals surface area contributed by atoms with Gasteiger partial charge in [-0.3, -0.25) is 19.2 Å². The van der Waals surface area contributed by atoms with E-state index in [-0.39, 0.29) is 69.5 Å². The number of carbonyl (C=O) groups excluding carboxylic acids is 4. The fraction of sp³-hybridized carbons (Fsp3) is 0.696. The van der Waals surface area contributed by atoms with Crippen LogP contribution in [0.15, 0.2) is 12.2 Å². The Balaban J connectivity index is 3.57. The maximum absolute atomic E-state index is 11.7. The van der Waals surface area contributed by atoms with Crippen molar-refractivity contribution in [2.45, 2.75) is 33.2 Å². The topological polar surface area (TPSA) is 179 Å². The SMILES string of the molecule is CC(=O)NC(/C=C/CC(=O)NCCOCCOCC(=O)NCCOCCOCC(=O)C(C)C)C(=O)O. The van der Waals surface area contributed by atoms with Gasteiger partial charge in [0.25, 0.3) is 0 Å². The maximum atomic E-state index is 11.7. The normalized spacial score (nSPS) is 11.9. The van der Waals surface area contributed by atoms with Gasteiger partial charge in [-0.15, -0.1) is 0 Å². The van der Waals surface area contributed by atoms with Gasteiger partial charge in [0.2, 0.25) is 17.7 Å². The molecule has 0 saturated heterocycles. The molecule has 0 rings (SSSR count). The van der Waals surface area contributed by atoms with E-state index in [9.17, 15) is 24.0 Å². The molecule has 0 fully saturated rings. The standard InChI is InChI=1S/C23H39N3O10/c1-17(2)20(28)15-35-13-11-34-10-8-25-22(30)16-36-14-12-33-9-7-24-21(29)6-4-5-19(23(31)32)26-18(3)27/h4-5,17,19H,6-16H2,1-3H3,(H,24,29)(H,25,30)(H,26,27)(H,31,32)/b5-4+. The molecule has 0 aromatic carbocycles. The number of nitrogens with one attached hydrogen (secondary N) is 3. The number of carboxylic acid groups (broad SMARTS) is 1. The van der Waals surface area contributed by atoms with Crippen molar-refractivity contribution in [2.75, 3.05) is 65.9 Å². The van der Waals surface area contributed by atoms with Crippen LogP contribution >= 0.6 is 0 Å². The lowest BCUT2D eigenvalue weighted by atomic mass is 10.1. The van der Waals surface area contributed by atoms with Gasteiger partial charge < -0.3 is 40.0 Å². The Hall–Kier alpha value is -2.87. The maximum Gasteiger partial charge on any atom is 0.330 e. The molecule has 206 valence electrons. The van der Waals surface area contributed by atoms with Gasteiger partial charge in [-0.25, -0.2) is 4.79 Å². The van der Waals surface area contributed by atoms with E-state index in [2.05, 4.69) is 16.0 Å². The zero-order valence-corrected chi connectivity index (χ0v) is 21.2. The van der Waals surface area contributed by atoms with Crippen molar-refractivity contribution in [3.63, 3.8) is 0 Å². The Morgan fingerprint density at radius 3 is 1.83 bits per heavy atom. The van der Waals surface area contributed by atoms with E-state index >= 15 is 0 Å². The number of hydrogen-bond acceptors (Lipinski definition) is 9. The molecule has 1 unspecified atom stereocenters. The number of rotatable bonds is 22. The highest BCUT2D eigenvalue weighted by molar-refractivity contribution is 5.84. The highest BCUT2D eigenvalue weighted by atomic mass is 16.5. The second-order valence-corrected chi connectivity index (χ2v) is 7.80. The van der Waals surface area contributed by atoms with Gasteiger partial charge in [-0.2, -0.15) is 0 Å². The Labute approximate surface area is 211 Å². The average Bonchev–Trinajstić information content (AvgIpc) is 2.81. The molecule has 0 saturated carbocycles. The highest BCUT2D eigenvalue weighted by Gasteiger charge is 2.14. The Bertz CT molecular complexity index is 712. The van der Waals surface area contributed by atoms with Crippen molar-refractivity contribution in [1.29, 1.82) is 0 Å². The summed E-state index contributed by atoms with van der Waals surface area (Å²) in [5.74, 6) is -2.34. The molecule has 0 aliphatic heterocycles. The largest absolute Gasteiger partial charge is 0.479 e. The van der Waals surface area contributed by atoms with Crippen LogP contribution in [-0.2, 0) is 42.9 Å². The number of carboxylic acids is 1. The average molecular weight is 518 g/mol. The minimum atomic E-state index is -1.22. The first-order valence-corrected chi connectivity index (χ1v) is 11.7. The predicted molar refractivity (Wildman–Crippen MR) is 128 cm³/mol. The van der Waals surface area contributed by atoms with Crippen LogP contribution in [0, 0.1) is 5.92 Å². The lowest BCUT2D eigenvalue weighted by Gasteiger charge is -2.09. The van der Waals surface area contributed by atoms with Gasteiger partial charge in [0.15, 0.2) is 5.78 Å². The Kier molecular flexibility index (Phi) is 19.7. The number of ether oxygens (including phenoxy) is 4. The number of carbonyl (C=O) groups is 5. The summed E-state index contributed by atoms with van der Waals surface area (Å²) in [5, 5.41) is 16.4. The van der Waals surface area contributed by atoms with Gasteiger partial charge in [-0.1, -0.05) is 26.0 Å². The van der Waals surface area contributed by atoms with Gasteiger partial charge >= 0.3 is 5.97 Å². The monoisotopic (exact) mass is 517 g/mol. The molecule has 0 aromatic rings. The summed E-state index contributed by atoms with van der Waals surface area (Å²) < 4.78 is 21.0. The second-order valence-electron chi connectivity index (χ2n) is 7.80. The fourth-order valence-corrected chi connectivity index (χ4v) is 2.31. The van der Waals surface area contributed by atoms with E-state index in [0.29, 0.717) is 26.4 Å². The highest BCUT2D eigenvalue weighted by Crippen LogP contribution is 1.94. The molecule has 0 spiro atoms. The molecule has 4 N–H and O–H groups in total. The molecule has 36 heavy (non-hydrogen) atoms. The number of ketones is 1. The molecule has 13 nitrogen and oxygen atoms in total. The number of Topliss-reactive ketones (excluding diaryl/α,β-unsaturated/α-hetero) is 1. The summed E-state index contributed by atoms with van der Waals surface area (Å²) in [6.45, 7) is 6.98. The summed E-state index contributed by atoms with van der Waals surface area (Å²) in [5.41, 5.74) is 0. The zero-order valence-electron chi connectivity index (χ0n) is 21.2. The smallest absolute Gasteiger partial charge is 0.330 e. The van der Waals surface area contributed by atoms with Crippen molar-refractivity contribution in [2.24, 2.45) is 5.92 Å². The summed E-state index contributed by atoms with van der Waals surface area (Å²) in [6, 6.07) is -1.19. The molecular formula is C23H39N3O10. The third-order valence-electron chi connectivity index (χ3n) is 4.26. The zero-order chi connectivity index (χ0) is 27.2. The van der Waals surface area contributed by atoms with Crippen LogP contribution in [0.25, 0.3) is 0 Å². The minimum absolute atomic E-state index is 0.0403. The van der Waals surface area contributed by atoms with Gasteiger partial charge in [0.1, 0.15) is 19.3 Å². The minimum Gasteiger partial charge on any atom is -0.479 e. The lowest BCUT2D eigenvalue weighted by Crippen LogP contribution is -2.38. The van der Waals surface area contributed by atoms with Crippen LogP contribution in [0.2, 0.25) is 0 Å². The van der Waals surface area contributed by atoms with E-state index < -0.39 is 17.9 Å². The molecule has 0 bridgehead atoms. The molecule has 0 radical (unpaired) electrons. The van der Waals surface area contributed by atoms with Crippen molar-refractivity contribution < 1.29 is 48.0 Å². The third-order valence-corrected chi connectivity index (χ3v) is 4.26. The quantitative estimate of drug-likeness (QED) is 0.103. The van der Waals surface area contributed by atoms with E-state index in [0.717, 1.165) is 0 Å². The molecule has 0 heterocycles. The second kappa shape index (κ2) is 21.4. The molecule has 0 aliphatic rings. The van der Waals surface area contributed by atoms with E-state index in [1.165, 1.54) is 19.1 Å². The van der Waals surface area contributed by atoms with Crippen LogP contribution in [0.3, 0.4) is 0 Å². The summed E-state index contributed by atoms with van der Waals surface area (Å²) >= 11 is 0. The molecule has 1 atom stereocenters. The van der Waals surface area contributed by atoms with E-state index in [4.69, 9.17) is 24.1 Å². The first-order valence-electron chi connectivity index (χ1n) is 11.7. The van der Waals surface area contributed by atoms with Crippen LogP contribution in [0.4, 0.5) is 0 Å². The van der Waals surface area contributed by atoms with Crippen LogP contribution in [-0.4, -0.2) is 107 Å². The predicted octanol–water partition coefficient (Wildman–Crippen LogP) is -0.954. The van der Waals surface area contributed by atoms with E-state index in [1.54, 1.807) is 0 Å². The number of amides is 3. The van der Waals surface area contributed by atoms with Gasteiger partial charge in [0.05, 0.1) is 39.6 Å². The molecular weight excluding hydrogens is 478 g/mol. The first kappa shape index (κ1) is 33.1.